The number of amides is 1. The molecule has 0 spiro atoms. The summed E-state index contributed by atoms with van der Waals surface area (Å²) < 4.78 is 0. The molecule has 0 fully saturated rings. The van der Waals surface area contributed by atoms with Gasteiger partial charge in [-0.25, -0.2) is 0 Å². The highest BCUT2D eigenvalue weighted by atomic mass is 16.1. The Kier molecular flexibility index (Phi) is 7.02. The molecule has 0 aromatic heterocycles. The normalized spacial score (nSPS) is 12.1. The summed E-state index contributed by atoms with van der Waals surface area (Å²) in [5, 5.41) is 3.00. The van der Waals surface area contributed by atoms with Gasteiger partial charge in [-0.3, -0.25) is 9.69 Å². The van der Waals surface area contributed by atoms with Crippen molar-refractivity contribution in [1.29, 1.82) is 0 Å². The minimum atomic E-state index is -0.0157. The Labute approximate surface area is 122 Å². The summed E-state index contributed by atoms with van der Waals surface area (Å²) in [4.78, 5) is 14.1. The molecule has 0 aliphatic rings. The number of allylic oxidation sites excluding steroid dienone is 1. The second kappa shape index (κ2) is 8.54. The van der Waals surface area contributed by atoms with Gasteiger partial charge in [0.15, 0.2) is 0 Å². The van der Waals surface area contributed by atoms with Crippen LogP contribution in [0.25, 0.3) is 0 Å². The van der Waals surface area contributed by atoms with Crippen molar-refractivity contribution in [2.24, 2.45) is 0 Å². The standard InChI is InChI=1S/C17H26N2O/c1-5-19(6-2)16(15-10-8-7-9-11-15)13-18-17(20)12-14(3)4/h7-12,16H,5-6,13H2,1-4H3,(H,18,20). The zero-order chi connectivity index (χ0) is 15.0. The van der Waals surface area contributed by atoms with Gasteiger partial charge in [0.1, 0.15) is 0 Å². The molecule has 1 unspecified atom stereocenters. The number of hydrogen-bond acceptors (Lipinski definition) is 2. The lowest BCUT2D eigenvalue weighted by atomic mass is 10.1. The molecule has 1 amide bonds. The predicted molar refractivity (Wildman–Crippen MR) is 84.5 cm³/mol. The minimum absolute atomic E-state index is 0.0157. The third-order valence-electron chi connectivity index (χ3n) is 3.33. The van der Waals surface area contributed by atoms with Crippen molar-refractivity contribution in [3.05, 3.63) is 47.5 Å². The first-order chi connectivity index (χ1) is 9.58. The van der Waals surface area contributed by atoms with Crippen LogP contribution in [0.15, 0.2) is 42.0 Å². The summed E-state index contributed by atoms with van der Waals surface area (Å²) in [6.45, 7) is 10.7. The van der Waals surface area contributed by atoms with Crippen molar-refractivity contribution in [2.75, 3.05) is 19.6 Å². The molecule has 0 aliphatic carbocycles. The van der Waals surface area contributed by atoms with Gasteiger partial charge in [-0.2, -0.15) is 0 Å². The Balaban J connectivity index is 2.79. The van der Waals surface area contributed by atoms with Crippen molar-refractivity contribution < 1.29 is 4.79 Å². The fourth-order valence-electron chi connectivity index (χ4n) is 2.31. The van der Waals surface area contributed by atoms with E-state index in [4.69, 9.17) is 0 Å². The minimum Gasteiger partial charge on any atom is -0.351 e. The van der Waals surface area contributed by atoms with E-state index >= 15 is 0 Å². The Morgan fingerprint density at radius 3 is 2.30 bits per heavy atom. The van der Waals surface area contributed by atoms with Crippen molar-refractivity contribution in [2.45, 2.75) is 33.7 Å². The van der Waals surface area contributed by atoms with E-state index in [0.29, 0.717) is 6.54 Å². The van der Waals surface area contributed by atoms with E-state index in [0.717, 1.165) is 18.7 Å². The number of rotatable bonds is 7. The van der Waals surface area contributed by atoms with Crippen LogP contribution >= 0.6 is 0 Å². The van der Waals surface area contributed by atoms with Gasteiger partial charge in [0.05, 0.1) is 6.04 Å². The van der Waals surface area contributed by atoms with E-state index in [1.807, 2.05) is 32.0 Å². The third kappa shape index (κ3) is 5.17. The van der Waals surface area contributed by atoms with Crippen molar-refractivity contribution in [3.63, 3.8) is 0 Å². The lowest BCUT2D eigenvalue weighted by molar-refractivity contribution is -0.116. The van der Waals surface area contributed by atoms with Crippen LogP contribution in [0.5, 0.6) is 0 Å². The second-order valence-corrected chi connectivity index (χ2v) is 5.11. The Morgan fingerprint density at radius 2 is 1.80 bits per heavy atom. The number of carbonyl (C=O) groups is 1. The molecule has 0 saturated carbocycles. The van der Waals surface area contributed by atoms with Gasteiger partial charge in [0.25, 0.3) is 0 Å². The summed E-state index contributed by atoms with van der Waals surface area (Å²) in [6.07, 6.45) is 1.64. The number of likely N-dealkylation sites (N-methyl/N-ethyl adjacent to an activating group) is 1. The van der Waals surface area contributed by atoms with E-state index in [2.05, 4.69) is 36.2 Å². The summed E-state index contributed by atoms with van der Waals surface area (Å²) in [5.41, 5.74) is 2.26. The summed E-state index contributed by atoms with van der Waals surface area (Å²) in [6, 6.07) is 10.6. The number of benzene rings is 1. The van der Waals surface area contributed by atoms with Gasteiger partial charge in [-0.05, 0) is 32.5 Å². The summed E-state index contributed by atoms with van der Waals surface area (Å²) >= 11 is 0. The molecule has 0 heterocycles. The average Bonchev–Trinajstić information content (AvgIpc) is 2.43. The molecule has 0 saturated heterocycles. The van der Waals surface area contributed by atoms with Gasteiger partial charge in [0.2, 0.25) is 5.91 Å². The molecular formula is C17H26N2O. The molecule has 0 bridgehead atoms. The molecular weight excluding hydrogens is 248 g/mol. The first-order valence-corrected chi connectivity index (χ1v) is 7.30. The zero-order valence-corrected chi connectivity index (χ0v) is 13.0. The molecule has 0 aliphatic heterocycles. The van der Waals surface area contributed by atoms with Crippen LogP contribution in [-0.4, -0.2) is 30.4 Å². The van der Waals surface area contributed by atoms with Gasteiger partial charge in [0, 0.05) is 12.6 Å². The lowest BCUT2D eigenvalue weighted by Crippen LogP contribution is -2.37. The molecule has 3 heteroatoms. The van der Waals surface area contributed by atoms with E-state index in [1.165, 1.54) is 5.56 Å². The van der Waals surface area contributed by atoms with E-state index in [1.54, 1.807) is 6.08 Å². The monoisotopic (exact) mass is 274 g/mol. The smallest absolute Gasteiger partial charge is 0.243 e. The molecule has 20 heavy (non-hydrogen) atoms. The van der Waals surface area contributed by atoms with Crippen LogP contribution in [0, 0.1) is 0 Å². The van der Waals surface area contributed by atoms with E-state index in [-0.39, 0.29) is 11.9 Å². The van der Waals surface area contributed by atoms with E-state index in [9.17, 15) is 4.79 Å². The van der Waals surface area contributed by atoms with Gasteiger partial charge in [-0.15, -0.1) is 0 Å². The van der Waals surface area contributed by atoms with Crippen LogP contribution in [0.3, 0.4) is 0 Å². The summed E-state index contributed by atoms with van der Waals surface area (Å²) in [7, 11) is 0. The molecule has 110 valence electrons. The zero-order valence-electron chi connectivity index (χ0n) is 13.0. The molecule has 1 N–H and O–H groups in total. The SMILES string of the molecule is CCN(CC)C(CNC(=O)C=C(C)C)c1ccccc1. The van der Waals surface area contributed by atoms with Crippen LogP contribution in [0.4, 0.5) is 0 Å². The maximum Gasteiger partial charge on any atom is 0.243 e. The van der Waals surface area contributed by atoms with Gasteiger partial charge in [-0.1, -0.05) is 49.8 Å². The summed E-state index contributed by atoms with van der Waals surface area (Å²) in [5.74, 6) is -0.0157. The Bertz CT molecular complexity index is 432. The average molecular weight is 274 g/mol. The maximum absolute atomic E-state index is 11.8. The Hall–Kier alpha value is -1.61. The highest BCUT2D eigenvalue weighted by Gasteiger charge is 2.17. The van der Waals surface area contributed by atoms with Crippen LogP contribution in [-0.2, 0) is 4.79 Å². The highest BCUT2D eigenvalue weighted by molar-refractivity contribution is 5.88. The van der Waals surface area contributed by atoms with Crippen LogP contribution < -0.4 is 5.32 Å². The molecule has 1 atom stereocenters. The van der Waals surface area contributed by atoms with Crippen LogP contribution in [0.1, 0.15) is 39.3 Å². The first kappa shape index (κ1) is 16.4. The fourth-order valence-corrected chi connectivity index (χ4v) is 2.31. The number of hydrogen-bond donors (Lipinski definition) is 1. The first-order valence-electron chi connectivity index (χ1n) is 7.30. The molecule has 3 nitrogen and oxygen atoms in total. The molecule has 1 aromatic rings. The topological polar surface area (TPSA) is 32.3 Å². The number of nitrogens with zero attached hydrogens (tertiary/aromatic N) is 1. The molecule has 1 rings (SSSR count). The van der Waals surface area contributed by atoms with E-state index < -0.39 is 0 Å². The molecule has 0 radical (unpaired) electrons. The van der Waals surface area contributed by atoms with Crippen LogP contribution in [0.2, 0.25) is 0 Å². The van der Waals surface area contributed by atoms with Crippen molar-refractivity contribution in [3.8, 4) is 0 Å². The maximum atomic E-state index is 11.8. The third-order valence-corrected chi connectivity index (χ3v) is 3.33. The fraction of sp³-hybridized carbons (Fsp3) is 0.471. The predicted octanol–water partition coefficient (Wildman–Crippen LogP) is 3.15. The quantitative estimate of drug-likeness (QED) is 0.775. The van der Waals surface area contributed by atoms with Crippen molar-refractivity contribution >= 4 is 5.91 Å². The lowest BCUT2D eigenvalue weighted by Gasteiger charge is -2.30. The molecule has 1 aromatic carbocycles. The largest absolute Gasteiger partial charge is 0.351 e. The van der Waals surface area contributed by atoms with Gasteiger partial charge < -0.3 is 5.32 Å². The Morgan fingerprint density at radius 1 is 1.20 bits per heavy atom. The van der Waals surface area contributed by atoms with Gasteiger partial charge >= 0.3 is 0 Å². The van der Waals surface area contributed by atoms with Crippen molar-refractivity contribution in [1.82, 2.24) is 10.2 Å². The number of nitrogens with one attached hydrogen (secondary N) is 1. The second-order valence-electron chi connectivity index (χ2n) is 5.11. The number of carbonyl (C=O) groups excluding carboxylic acids is 1. The highest BCUT2D eigenvalue weighted by Crippen LogP contribution is 2.19.